The summed E-state index contributed by atoms with van der Waals surface area (Å²) in [5.41, 5.74) is 7.66. The average Bonchev–Trinajstić information content (AvgIpc) is 2.36. The van der Waals surface area contributed by atoms with Crippen LogP contribution in [-0.2, 0) is 0 Å². The molecule has 1 atom stereocenters. The molecule has 0 radical (unpaired) electrons. The van der Waals surface area contributed by atoms with Crippen molar-refractivity contribution in [1.29, 1.82) is 0 Å². The number of nitrogens with two attached hydrogens (primary N) is 1. The number of halogens is 3. The molecule has 0 aliphatic carbocycles. The van der Waals surface area contributed by atoms with Crippen molar-refractivity contribution in [2.45, 2.75) is 31.5 Å². The zero-order valence-corrected chi connectivity index (χ0v) is 10.3. The second-order valence-corrected chi connectivity index (χ2v) is 4.53. The lowest BCUT2D eigenvalue weighted by molar-refractivity contribution is -0.135. The van der Waals surface area contributed by atoms with Gasteiger partial charge in [0.05, 0.1) is 5.52 Å². The summed E-state index contributed by atoms with van der Waals surface area (Å²) >= 11 is 0. The Morgan fingerprint density at radius 1 is 1.16 bits per heavy atom. The number of alkyl halides is 3. The molecule has 5 heteroatoms. The van der Waals surface area contributed by atoms with E-state index >= 15 is 0 Å². The number of hydrogen-bond acceptors (Lipinski definition) is 2. The Labute approximate surface area is 109 Å². The van der Waals surface area contributed by atoms with Crippen LogP contribution in [0, 0.1) is 0 Å². The van der Waals surface area contributed by atoms with Gasteiger partial charge in [-0.25, -0.2) is 0 Å². The third kappa shape index (κ3) is 3.67. The molecule has 0 bridgehead atoms. The number of hydrogen-bond donors (Lipinski definition) is 1. The number of aromatic nitrogens is 1. The highest BCUT2D eigenvalue weighted by Crippen LogP contribution is 2.28. The van der Waals surface area contributed by atoms with Crippen molar-refractivity contribution in [3.63, 3.8) is 0 Å². The van der Waals surface area contributed by atoms with Gasteiger partial charge in [0.25, 0.3) is 0 Å². The topological polar surface area (TPSA) is 38.9 Å². The quantitative estimate of drug-likeness (QED) is 0.911. The summed E-state index contributed by atoms with van der Waals surface area (Å²) in [5.74, 6) is 0. The molecule has 1 heterocycles. The van der Waals surface area contributed by atoms with Crippen molar-refractivity contribution in [3.8, 4) is 0 Å². The zero-order chi connectivity index (χ0) is 13.9. The van der Waals surface area contributed by atoms with E-state index in [0.29, 0.717) is 6.42 Å². The lowest BCUT2D eigenvalue weighted by Gasteiger charge is -2.15. The first kappa shape index (κ1) is 13.8. The highest BCUT2D eigenvalue weighted by atomic mass is 19.4. The Morgan fingerprint density at radius 3 is 2.68 bits per heavy atom. The van der Waals surface area contributed by atoms with Crippen molar-refractivity contribution < 1.29 is 13.2 Å². The Balaban J connectivity index is 2.11. The standard InChI is InChI=1S/C14H15F3N2/c15-14(16,17)8-2-6-12(18)10-4-1-7-13-11(10)5-3-9-19-13/h1,3-5,7,9,12H,2,6,8,18H2. The van der Waals surface area contributed by atoms with Crippen LogP contribution in [0.3, 0.4) is 0 Å². The minimum atomic E-state index is -4.11. The maximum atomic E-state index is 12.1. The molecule has 0 saturated heterocycles. The van der Waals surface area contributed by atoms with Gasteiger partial charge in [0.2, 0.25) is 0 Å². The van der Waals surface area contributed by atoms with Gasteiger partial charge in [0.1, 0.15) is 0 Å². The van der Waals surface area contributed by atoms with E-state index in [1.165, 1.54) is 0 Å². The number of fused-ring (bicyclic) bond motifs is 1. The highest BCUT2D eigenvalue weighted by molar-refractivity contribution is 5.82. The van der Waals surface area contributed by atoms with E-state index < -0.39 is 18.6 Å². The molecule has 1 unspecified atom stereocenters. The smallest absolute Gasteiger partial charge is 0.324 e. The number of rotatable bonds is 4. The van der Waals surface area contributed by atoms with Crippen LogP contribution >= 0.6 is 0 Å². The third-order valence-electron chi connectivity index (χ3n) is 3.05. The maximum Gasteiger partial charge on any atom is 0.389 e. The molecule has 102 valence electrons. The molecular weight excluding hydrogens is 253 g/mol. The minimum Gasteiger partial charge on any atom is -0.324 e. The third-order valence-corrected chi connectivity index (χ3v) is 3.05. The SMILES string of the molecule is NC(CCCC(F)(F)F)c1cccc2ncccc12. The molecule has 2 N–H and O–H groups in total. The van der Waals surface area contributed by atoms with Crippen molar-refractivity contribution in [2.75, 3.05) is 0 Å². The van der Waals surface area contributed by atoms with E-state index in [4.69, 9.17) is 5.73 Å². The Morgan fingerprint density at radius 2 is 1.95 bits per heavy atom. The van der Waals surface area contributed by atoms with E-state index in [-0.39, 0.29) is 6.42 Å². The van der Waals surface area contributed by atoms with E-state index in [9.17, 15) is 13.2 Å². The Hall–Kier alpha value is -1.62. The fraction of sp³-hybridized carbons (Fsp3) is 0.357. The molecule has 0 saturated carbocycles. The van der Waals surface area contributed by atoms with Crippen molar-refractivity contribution >= 4 is 10.9 Å². The minimum absolute atomic E-state index is 0.0430. The summed E-state index contributed by atoms with van der Waals surface area (Å²) in [6, 6.07) is 8.84. The molecule has 2 nitrogen and oxygen atoms in total. The molecular formula is C14H15F3N2. The molecule has 2 aromatic rings. The first-order chi connectivity index (χ1) is 8.97. The fourth-order valence-corrected chi connectivity index (χ4v) is 2.13. The second kappa shape index (κ2) is 5.57. The van der Waals surface area contributed by atoms with Gasteiger partial charge in [-0.15, -0.1) is 0 Å². The van der Waals surface area contributed by atoms with Crippen molar-refractivity contribution in [1.82, 2.24) is 4.98 Å². The highest BCUT2D eigenvalue weighted by Gasteiger charge is 2.26. The van der Waals surface area contributed by atoms with Crippen molar-refractivity contribution in [2.24, 2.45) is 5.73 Å². The molecule has 0 spiro atoms. The van der Waals surface area contributed by atoms with Crippen LogP contribution < -0.4 is 5.73 Å². The molecule has 1 aromatic carbocycles. The van der Waals surface area contributed by atoms with Crippen LogP contribution in [0.2, 0.25) is 0 Å². The fourth-order valence-electron chi connectivity index (χ4n) is 2.13. The number of nitrogens with zero attached hydrogens (tertiary/aromatic N) is 1. The normalized spacial score (nSPS) is 13.7. The summed E-state index contributed by atoms with van der Waals surface area (Å²) in [7, 11) is 0. The molecule has 0 amide bonds. The van der Waals surface area contributed by atoms with Gasteiger partial charge in [0.15, 0.2) is 0 Å². The van der Waals surface area contributed by atoms with Gasteiger partial charge in [-0.3, -0.25) is 4.98 Å². The van der Waals surface area contributed by atoms with Crippen LogP contribution in [0.25, 0.3) is 10.9 Å². The Kier molecular flexibility index (Phi) is 4.04. The predicted molar refractivity (Wildman–Crippen MR) is 68.6 cm³/mol. The van der Waals surface area contributed by atoms with Gasteiger partial charge in [-0.2, -0.15) is 13.2 Å². The van der Waals surface area contributed by atoms with Crippen LogP contribution in [0.4, 0.5) is 13.2 Å². The summed E-state index contributed by atoms with van der Waals surface area (Å²) in [6.07, 6.45) is -2.86. The van der Waals surface area contributed by atoms with E-state index in [1.54, 1.807) is 12.3 Å². The predicted octanol–water partition coefficient (Wildman–Crippen LogP) is 3.97. The van der Waals surface area contributed by atoms with Crippen molar-refractivity contribution in [3.05, 3.63) is 42.1 Å². The lowest BCUT2D eigenvalue weighted by atomic mass is 9.98. The largest absolute Gasteiger partial charge is 0.389 e. The summed E-state index contributed by atoms with van der Waals surface area (Å²) in [4.78, 5) is 4.21. The Bertz CT molecular complexity index is 546. The van der Waals surface area contributed by atoms with Crippen LogP contribution in [0.5, 0.6) is 0 Å². The number of benzene rings is 1. The van der Waals surface area contributed by atoms with E-state index in [1.807, 2.05) is 24.3 Å². The summed E-state index contributed by atoms with van der Waals surface area (Å²) in [6.45, 7) is 0. The lowest BCUT2D eigenvalue weighted by Crippen LogP contribution is -2.13. The van der Waals surface area contributed by atoms with Crippen LogP contribution in [-0.4, -0.2) is 11.2 Å². The van der Waals surface area contributed by atoms with E-state index in [2.05, 4.69) is 4.98 Å². The number of pyridine rings is 1. The van der Waals surface area contributed by atoms with Gasteiger partial charge < -0.3 is 5.73 Å². The molecule has 1 aromatic heterocycles. The van der Waals surface area contributed by atoms with Gasteiger partial charge in [-0.05, 0) is 30.5 Å². The van der Waals surface area contributed by atoms with Crippen LogP contribution in [0.1, 0.15) is 30.9 Å². The molecule has 0 fully saturated rings. The summed E-state index contributed by atoms with van der Waals surface area (Å²) < 4.78 is 36.3. The maximum absolute atomic E-state index is 12.1. The first-order valence-electron chi connectivity index (χ1n) is 6.13. The molecule has 0 aliphatic heterocycles. The van der Waals surface area contributed by atoms with Gasteiger partial charge in [0, 0.05) is 24.0 Å². The first-order valence-corrected chi connectivity index (χ1v) is 6.13. The molecule has 0 aliphatic rings. The van der Waals surface area contributed by atoms with E-state index in [0.717, 1.165) is 16.5 Å². The average molecular weight is 268 g/mol. The monoisotopic (exact) mass is 268 g/mol. The zero-order valence-electron chi connectivity index (χ0n) is 10.3. The summed E-state index contributed by atoms with van der Waals surface area (Å²) in [5, 5.41) is 0.907. The van der Waals surface area contributed by atoms with Gasteiger partial charge in [-0.1, -0.05) is 18.2 Å². The van der Waals surface area contributed by atoms with Gasteiger partial charge >= 0.3 is 6.18 Å². The molecule has 19 heavy (non-hydrogen) atoms. The van der Waals surface area contributed by atoms with Crippen LogP contribution in [0.15, 0.2) is 36.5 Å². The molecule has 2 rings (SSSR count). The second-order valence-electron chi connectivity index (χ2n) is 4.53.